The second-order valence-corrected chi connectivity index (χ2v) is 6.57. The average molecular weight is 327 g/mol. The molecule has 1 aliphatic rings. The van der Waals surface area contributed by atoms with Gasteiger partial charge < -0.3 is 5.32 Å². The lowest BCUT2D eigenvalue weighted by Crippen LogP contribution is -2.27. The SMILES string of the molecule is CC(C)C1(CNCc2ccc(Br)cc2[N+](=O)[O-])CC1. The zero-order valence-electron chi connectivity index (χ0n) is 11.3. The molecule has 0 heterocycles. The van der Waals surface area contributed by atoms with Gasteiger partial charge in [-0.15, -0.1) is 0 Å². The van der Waals surface area contributed by atoms with Gasteiger partial charge in [0.1, 0.15) is 0 Å². The average Bonchev–Trinajstić information content (AvgIpc) is 3.12. The maximum absolute atomic E-state index is 11.0. The van der Waals surface area contributed by atoms with Gasteiger partial charge in [0.15, 0.2) is 0 Å². The summed E-state index contributed by atoms with van der Waals surface area (Å²) in [7, 11) is 0. The molecule has 0 spiro atoms. The van der Waals surface area contributed by atoms with Crippen LogP contribution in [0.2, 0.25) is 0 Å². The number of nitrogens with one attached hydrogen (secondary N) is 1. The number of benzene rings is 1. The summed E-state index contributed by atoms with van der Waals surface area (Å²) < 4.78 is 0.740. The van der Waals surface area contributed by atoms with Gasteiger partial charge in [-0.25, -0.2) is 0 Å². The Hall–Kier alpha value is -0.940. The molecule has 0 atom stereocenters. The molecule has 0 aromatic heterocycles. The largest absolute Gasteiger partial charge is 0.312 e. The van der Waals surface area contributed by atoms with Crippen LogP contribution >= 0.6 is 15.9 Å². The number of rotatable bonds is 6. The van der Waals surface area contributed by atoms with Crippen LogP contribution in [0.25, 0.3) is 0 Å². The molecule has 104 valence electrons. The summed E-state index contributed by atoms with van der Waals surface area (Å²) in [5.41, 5.74) is 1.34. The van der Waals surface area contributed by atoms with Crippen molar-refractivity contribution in [2.75, 3.05) is 6.54 Å². The van der Waals surface area contributed by atoms with E-state index in [0.717, 1.165) is 16.6 Å². The second-order valence-electron chi connectivity index (χ2n) is 5.65. The predicted octanol–water partition coefficient (Wildman–Crippen LogP) is 3.88. The van der Waals surface area contributed by atoms with E-state index < -0.39 is 0 Å². The van der Waals surface area contributed by atoms with Crippen LogP contribution in [0.4, 0.5) is 5.69 Å². The van der Waals surface area contributed by atoms with Crippen molar-refractivity contribution in [3.63, 3.8) is 0 Å². The summed E-state index contributed by atoms with van der Waals surface area (Å²) in [6.45, 7) is 5.99. The maximum Gasteiger partial charge on any atom is 0.275 e. The fourth-order valence-electron chi connectivity index (χ4n) is 2.42. The van der Waals surface area contributed by atoms with E-state index in [1.165, 1.54) is 12.8 Å². The van der Waals surface area contributed by atoms with Gasteiger partial charge in [-0.1, -0.05) is 29.8 Å². The Morgan fingerprint density at radius 2 is 2.16 bits per heavy atom. The van der Waals surface area contributed by atoms with E-state index in [2.05, 4.69) is 35.1 Å². The molecule has 1 N–H and O–H groups in total. The lowest BCUT2D eigenvalue weighted by Gasteiger charge is -2.20. The molecule has 4 nitrogen and oxygen atoms in total. The first-order valence-corrected chi connectivity index (χ1v) is 7.37. The van der Waals surface area contributed by atoms with Gasteiger partial charge >= 0.3 is 0 Å². The number of nitro benzene ring substituents is 1. The summed E-state index contributed by atoms with van der Waals surface area (Å²) >= 11 is 3.27. The van der Waals surface area contributed by atoms with Crippen molar-refractivity contribution in [1.82, 2.24) is 5.32 Å². The van der Waals surface area contributed by atoms with E-state index in [0.29, 0.717) is 17.9 Å². The number of hydrogen-bond acceptors (Lipinski definition) is 3. The van der Waals surface area contributed by atoms with E-state index >= 15 is 0 Å². The van der Waals surface area contributed by atoms with E-state index in [-0.39, 0.29) is 10.6 Å². The van der Waals surface area contributed by atoms with Crippen LogP contribution < -0.4 is 5.32 Å². The van der Waals surface area contributed by atoms with E-state index in [9.17, 15) is 10.1 Å². The highest BCUT2D eigenvalue weighted by Crippen LogP contribution is 2.51. The van der Waals surface area contributed by atoms with Crippen molar-refractivity contribution in [3.05, 3.63) is 38.3 Å². The summed E-state index contributed by atoms with van der Waals surface area (Å²) in [5, 5.41) is 14.4. The summed E-state index contributed by atoms with van der Waals surface area (Å²) in [6.07, 6.45) is 2.53. The lowest BCUT2D eigenvalue weighted by molar-refractivity contribution is -0.385. The van der Waals surface area contributed by atoms with Crippen LogP contribution in [-0.4, -0.2) is 11.5 Å². The molecule has 0 bridgehead atoms. The second kappa shape index (κ2) is 5.59. The van der Waals surface area contributed by atoms with Crippen LogP contribution in [0.1, 0.15) is 32.3 Å². The predicted molar refractivity (Wildman–Crippen MR) is 79.0 cm³/mol. The molecule has 0 unspecified atom stereocenters. The third kappa shape index (κ3) is 3.34. The van der Waals surface area contributed by atoms with Crippen molar-refractivity contribution < 1.29 is 4.92 Å². The van der Waals surface area contributed by atoms with E-state index in [1.54, 1.807) is 6.07 Å². The molecule has 5 heteroatoms. The van der Waals surface area contributed by atoms with E-state index in [1.807, 2.05) is 12.1 Å². The van der Waals surface area contributed by atoms with Gasteiger partial charge in [0.05, 0.1) is 4.92 Å². The number of halogens is 1. The molecule has 0 radical (unpaired) electrons. The Bertz CT molecular complexity index is 484. The molecule has 19 heavy (non-hydrogen) atoms. The van der Waals surface area contributed by atoms with Crippen molar-refractivity contribution in [1.29, 1.82) is 0 Å². The first-order chi connectivity index (χ1) is 8.94. The fraction of sp³-hybridized carbons (Fsp3) is 0.571. The van der Waals surface area contributed by atoms with Crippen molar-refractivity contribution in [2.24, 2.45) is 11.3 Å². The van der Waals surface area contributed by atoms with Crippen LogP contribution in [0, 0.1) is 21.4 Å². The molecule has 1 fully saturated rings. The van der Waals surface area contributed by atoms with Crippen LogP contribution in [-0.2, 0) is 6.54 Å². The Balaban J connectivity index is 1.98. The highest BCUT2D eigenvalue weighted by Gasteiger charge is 2.44. The van der Waals surface area contributed by atoms with Crippen molar-refractivity contribution >= 4 is 21.6 Å². The van der Waals surface area contributed by atoms with Gasteiger partial charge in [0, 0.05) is 29.2 Å². The van der Waals surface area contributed by atoms with Crippen molar-refractivity contribution in [2.45, 2.75) is 33.2 Å². The highest BCUT2D eigenvalue weighted by molar-refractivity contribution is 9.10. The zero-order chi connectivity index (χ0) is 14.0. The minimum Gasteiger partial charge on any atom is -0.312 e. The highest BCUT2D eigenvalue weighted by atomic mass is 79.9. The normalized spacial score (nSPS) is 16.6. The van der Waals surface area contributed by atoms with Gasteiger partial charge in [-0.2, -0.15) is 0 Å². The Kier molecular flexibility index (Phi) is 4.26. The molecule has 0 aliphatic heterocycles. The maximum atomic E-state index is 11.0. The smallest absolute Gasteiger partial charge is 0.275 e. The standard InChI is InChI=1S/C14H19BrN2O2/c1-10(2)14(5-6-14)9-16-8-11-3-4-12(15)7-13(11)17(18)19/h3-4,7,10,16H,5-6,8-9H2,1-2H3. The van der Waals surface area contributed by atoms with Gasteiger partial charge in [-0.3, -0.25) is 10.1 Å². The Morgan fingerprint density at radius 3 is 2.68 bits per heavy atom. The van der Waals surface area contributed by atoms with Crippen LogP contribution in [0.15, 0.2) is 22.7 Å². The van der Waals surface area contributed by atoms with Crippen molar-refractivity contribution in [3.8, 4) is 0 Å². The summed E-state index contributed by atoms with van der Waals surface area (Å²) in [4.78, 5) is 10.7. The number of nitro groups is 1. The third-order valence-electron chi connectivity index (χ3n) is 4.15. The monoisotopic (exact) mass is 326 g/mol. The number of nitrogens with zero attached hydrogens (tertiary/aromatic N) is 1. The molecule has 1 aromatic carbocycles. The van der Waals surface area contributed by atoms with Gasteiger partial charge in [-0.05, 0) is 36.3 Å². The van der Waals surface area contributed by atoms with E-state index in [4.69, 9.17) is 0 Å². The molecule has 0 amide bonds. The third-order valence-corrected chi connectivity index (χ3v) is 4.65. The minimum atomic E-state index is -0.322. The zero-order valence-corrected chi connectivity index (χ0v) is 12.9. The Labute approximate surface area is 121 Å². The first kappa shape index (κ1) is 14.5. The summed E-state index contributed by atoms with van der Waals surface area (Å²) in [5.74, 6) is 0.667. The molecule has 2 rings (SSSR count). The molecule has 0 saturated heterocycles. The van der Waals surface area contributed by atoms with Crippen LogP contribution in [0.3, 0.4) is 0 Å². The molecule has 1 aliphatic carbocycles. The minimum absolute atomic E-state index is 0.177. The molecular weight excluding hydrogens is 308 g/mol. The molecule has 1 aromatic rings. The quantitative estimate of drug-likeness (QED) is 0.637. The van der Waals surface area contributed by atoms with Gasteiger partial charge in [0.25, 0.3) is 5.69 Å². The fourth-order valence-corrected chi connectivity index (χ4v) is 2.77. The molecular formula is C14H19BrN2O2. The topological polar surface area (TPSA) is 55.2 Å². The molecule has 1 saturated carbocycles. The Morgan fingerprint density at radius 1 is 1.47 bits per heavy atom. The summed E-state index contributed by atoms with van der Waals surface area (Å²) in [6, 6.07) is 5.22. The van der Waals surface area contributed by atoms with Crippen LogP contribution in [0.5, 0.6) is 0 Å². The first-order valence-electron chi connectivity index (χ1n) is 6.58. The number of hydrogen-bond donors (Lipinski definition) is 1. The van der Waals surface area contributed by atoms with Gasteiger partial charge in [0.2, 0.25) is 0 Å². The lowest BCUT2D eigenvalue weighted by atomic mass is 9.92.